The molecule has 3 fully saturated rings. The Kier molecular flexibility index (Phi) is 25.2. The number of carboxylic acids is 3. The zero-order valence-electron chi connectivity index (χ0n) is 39.3. The molecule has 22 heteroatoms. The second-order valence-electron chi connectivity index (χ2n) is 19.0. The number of esters is 1. The molecule has 4 aliphatic carbocycles. The van der Waals surface area contributed by atoms with Gasteiger partial charge < -0.3 is 41.7 Å². The van der Waals surface area contributed by atoms with Crippen molar-refractivity contribution in [1.82, 2.24) is 10.2 Å². The van der Waals surface area contributed by atoms with Gasteiger partial charge in [0, 0.05) is 25.9 Å². The van der Waals surface area contributed by atoms with E-state index in [1.54, 1.807) is 5.57 Å². The topological polar surface area (TPSA) is 223 Å². The van der Waals surface area contributed by atoms with Crippen molar-refractivity contribution in [2.75, 3.05) is 39.3 Å². The fourth-order valence-corrected chi connectivity index (χ4v) is 10.6. The maximum atomic E-state index is 12.8. The second-order valence-corrected chi connectivity index (χ2v) is 19.0. The number of amides is 1. The number of carbonyl (C=O) groups is 5. The van der Waals surface area contributed by atoms with Gasteiger partial charge in [-0.15, -0.1) is 0 Å². The molecule has 0 aromatic rings. The summed E-state index contributed by atoms with van der Waals surface area (Å²) in [5.74, 6) is -3.48. The lowest BCUT2D eigenvalue weighted by Gasteiger charge is -2.58. The number of aliphatic carboxylic acids is 3. The van der Waals surface area contributed by atoms with E-state index < -0.39 is 36.4 Å². The number of nitrogens with one attached hydrogen (secondary N) is 1. The minimum absolute atomic E-state index is 0.0219. The van der Waals surface area contributed by atoms with E-state index in [9.17, 15) is 49.1 Å². The van der Waals surface area contributed by atoms with Crippen LogP contribution < -0.4 is 16.8 Å². The fourth-order valence-electron chi connectivity index (χ4n) is 10.6. The van der Waals surface area contributed by atoms with Crippen LogP contribution in [0, 0.1) is 46.3 Å². The second kappa shape index (κ2) is 27.5. The molecule has 0 aromatic carbocycles. The van der Waals surface area contributed by atoms with Gasteiger partial charge in [0.2, 0.25) is 5.91 Å². The van der Waals surface area contributed by atoms with Crippen LogP contribution in [0.4, 0.5) is 39.5 Å². The van der Waals surface area contributed by atoms with E-state index in [2.05, 4.69) is 50.9 Å². The van der Waals surface area contributed by atoms with Gasteiger partial charge in [-0.1, -0.05) is 65.5 Å². The number of halogens is 9. The molecule has 0 heterocycles. The number of rotatable bonds is 18. The minimum Gasteiger partial charge on any atom is -0.475 e. The van der Waals surface area contributed by atoms with Crippen LogP contribution in [0.15, 0.2) is 11.6 Å². The van der Waals surface area contributed by atoms with Crippen LogP contribution in [0.25, 0.3) is 0 Å². The van der Waals surface area contributed by atoms with Gasteiger partial charge in [-0.3, -0.25) is 9.59 Å². The monoisotopic (exact) mass is 985 g/mol. The maximum Gasteiger partial charge on any atom is 0.490 e. The Balaban J connectivity index is 0.000000882. The molecule has 3 saturated carbocycles. The third-order valence-corrected chi connectivity index (χ3v) is 13.9. The average molecular weight is 985 g/mol. The summed E-state index contributed by atoms with van der Waals surface area (Å²) in [5, 5.41) is 24.3. The molecule has 8 N–H and O–H groups in total. The van der Waals surface area contributed by atoms with Gasteiger partial charge in [0.05, 0.1) is 6.42 Å². The number of allylic oxidation sites excluding steroid dienone is 1. The summed E-state index contributed by atoms with van der Waals surface area (Å²) in [6.45, 7) is 16.6. The molecule has 0 bridgehead atoms. The first-order valence-electron chi connectivity index (χ1n) is 23.0. The number of hydrogen-bond acceptors (Lipinski definition) is 9. The van der Waals surface area contributed by atoms with E-state index in [0.717, 1.165) is 80.7 Å². The van der Waals surface area contributed by atoms with Crippen molar-refractivity contribution in [2.45, 2.75) is 156 Å². The minimum atomic E-state index is -5.08. The molecule has 0 saturated heterocycles. The van der Waals surface area contributed by atoms with Crippen molar-refractivity contribution < 1.29 is 83.5 Å². The van der Waals surface area contributed by atoms with Gasteiger partial charge in [0.15, 0.2) is 0 Å². The first kappa shape index (κ1) is 61.4. The zero-order valence-corrected chi connectivity index (χ0v) is 39.3. The highest BCUT2D eigenvalue weighted by Gasteiger charge is 2.59. The van der Waals surface area contributed by atoms with Gasteiger partial charge in [-0.25, -0.2) is 14.4 Å². The smallest absolute Gasteiger partial charge is 0.475 e. The number of carboxylic acid groups (broad SMARTS) is 3. The standard InChI is InChI=1S/C39H70N4O3.3C2HF3O2/c1-28(2)9-6-10-29(3)33-13-14-34-32-12-11-30-27-31(15-19-38(30,4)35(32)16-20-39(33,34)5)46-37(45)17-23-42-36(44)18-26-43(24-7-21-40)25-8-22-41;3*3-2(4,5)1(6)7/h11,28-29,31-35H,6-10,12-27,40-41H2,1-5H3,(H,42,44);3*(H,6,7)/t29-,31?,32?,33-,34?,35?,38+,39-;;;/m1.../s1. The van der Waals surface area contributed by atoms with Gasteiger partial charge >= 0.3 is 42.4 Å². The lowest BCUT2D eigenvalue weighted by molar-refractivity contribution is -0.193. The number of alkyl halides is 9. The fraction of sp³-hybridized carbons (Fsp3) is 0.844. The quantitative estimate of drug-likeness (QED) is 0.0431. The number of ether oxygens (including phenoxy) is 1. The van der Waals surface area contributed by atoms with E-state index in [1.807, 2.05) is 0 Å². The number of fused-ring (bicyclic) bond motifs is 5. The summed E-state index contributed by atoms with van der Waals surface area (Å²) in [7, 11) is 0. The normalized spacial score (nSPS) is 26.1. The van der Waals surface area contributed by atoms with Crippen LogP contribution in [-0.2, 0) is 28.7 Å². The summed E-state index contributed by atoms with van der Waals surface area (Å²) in [4.78, 5) is 54.2. The van der Waals surface area contributed by atoms with Crippen molar-refractivity contribution in [1.29, 1.82) is 0 Å². The predicted octanol–water partition coefficient (Wildman–Crippen LogP) is 8.74. The highest BCUT2D eigenvalue weighted by Crippen LogP contribution is 2.67. The Morgan fingerprint density at radius 3 is 1.75 bits per heavy atom. The largest absolute Gasteiger partial charge is 0.490 e. The molecule has 0 aromatic heterocycles. The molecule has 4 rings (SSSR count). The Labute approximate surface area is 387 Å². The van der Waals surface area contributed by atoms with E-state index in [1.165, 1.54) is 51.4 Å². The Bertz CT molecular complexity index is 1550. The van der Waals surface area contributed by atoms with Crippen molar-refractivity contribution in [3.05, 3.63) is 11.6 Å². The molecule has 0 radical (unpaired) electrons. The number of carbonyl (C=O) groups excluding carboxylic acids is 2. The summed E-state index contributed by atoms with van der Waals surface area (Å²) >= 11 is 0. The molecule has 13 nitrogen and oxygen atoms in total. The van der Waals surface area contributed by atoms with Crippen LogP contribution in [0.1, 0.15) is 131 Å². The molecule has 0 aliphatic heterocycles. The lowest BCUT2D eigenvalue weighted by Crippen LogP contribution is -2.51. The number of hydrogen-bond donors (Lipinski definition) is 6. The Hall–Kier alpha value is -3.66. The van der Waals surface area contributed by atoms with Gasteiger partial charge in [-0.2, -0.15) is 39.5 Å². The summed E-state index contributed by atoms with van der Waals surface area (Å²) in [5.41, 5.74) is 13.6. The Morgan fingerprint density at radius 2 is 1.27 bits per heavy atom. The number of nitrogens with two attached hydrogens (primary N) is 2. The third kappa shape index (κ3) is 20.5. The van der Waals surface area contributed by atoms with E-state index >= 15 is 0 Å². The molecule has 0 spiro atoms. The van der Waals surface area contributed by atoms with Crippen molar-refractivity contribution in [3.63, 3.8) is 0 Å². The van der Waals surface area contributed by atoms with Crippen LogP contribution in [0.3, 0.4) is 0 Å². The van der Waals surface area contributed by atoms with Gasteiger partial charge in [0.25, 0.3) is 0 Å². The van der Waals surface area contributed by atoms with Crippen LogP contribution in [-0.4, -0.2) is 114 Å². The van der Waals surface area contributed by atoms with Crippen LogP contribution >= 0.6 is 0 Å². The molecular weight excluding hydrogens is 911 g/mol. The predicted molar refractivity (Wildman–Crippen MR) is 230 cm³/mol. The number of nitrogens with zero attached hydrogens (tertiary/aromatic N) is 1. The lowest BCUT2D eigenvalue weighted by atomic mass is 9.47. The van der Waals surface area contributed by atoms with E-state index in [0.29, 0.717) is 38.0 Å². The molecular formula is C45H73F9N4O9. The van der Waals surface area contributed by atoms with Gasteiger partial charge in [0.1, 0.15) is 6.10 Å². The van der Waals surface area contributed by atoms with Crippen molar-refractivity contribution in [2.24, 2.45) is 57.8 Å². The Morgan fingerprint density at radius 1 is 0.746 bits per heavy atom. The highest BCUT2D eigenvalue weighted by molar-refractivity contribution is 5.77. The maximum absolute atomic E-state index is 12.8. The van der Waals surface area contributed by atoms with Crippen LogP contribution in [0.2, 0.25) is 0 Å². The molecule has 4 aliphatic rings. The van der Waals surface area contributed by atoms with E-state index in [4.69, 9.17) is 45.9 Å². The SMILES string of the molecule is CC(C)CCC[C@@H](C)[C@H]1CCC2C3CC=C4CC(OC(=O)CCNC(=O)CCN(CCCN)CCCN)CC[C@]4(C)C3CC[C@@]21C.O=C(O)C(F)(F)F.O=C(O)C(F)(F)F.O=C(O)C(F)(F)F. The molecule has 8 atom stereocenters. The zero-order chi connectivity index (χ0) is 51.6. The van der Waals surface area contributed by atoms with Crippen molar-refractivity contribution >= 4 is 29.8 Å². The third-order valence-electron chi connectivity index (χ3n) is 13.9. The van der Waals surface area contributed by atoms with Crippen molar-refractivity contribution in [3.8, 4) is 0 Å². The van der Waals surface area contributed by atoms with Gasteiger partial charge in [-0.05, 0) is 130 Å². The highest BCUT2D eigenvalue weighted by atomic mass is 19.4. The summed E-state index contributed by atoms with van der Waals surface area (Å²) < 4.78 is 101. The summed E-state index contributed by atoms with van der Waals surface area (Å²) in [6.07, 6.45) is 3.71. The molecule has 4 unspecified atom stereocenters. The summed E-state index contributed by atoms with van der Waals surface area (Å²) in [6, 6.07) is 0. The molecule has 1 amide bonds. The first-order chi connectivity index (χ1) is 30.8. The van der Waals surface area contributed by atoms with E-state index in [-0.39, 0.29) is 29.8 Å². The molecule has 390 valence electrons. The average Bonchev–Trinajstić information content (AvgIpc) is 3.57. The van der Waals surface area contributed by atoms with Crippen LogP contribution in [0.5, 0.6) is 0 Å². The first-order valence-corrected chi connectivity index (χ1v) is 23.0. The molecule has 67 heavy (non-hydrogen) atoms.